The number of rotatable bonds is 31. The van der Waals surface area contributed by atoms with Crippen LogP contribution in [-0.2, 0) is 35.1 Å². The van der Waals surface area contributed by atoms with Gasteiger partial charge in [0, 0.05) is 6.61 Å². The van der Waals surface area contributed by atoms with Crippen molar-refractivity contribution in [3.8, 4) is 0 Å². The zero-order valence-corrected chi connectivity index (χ0v) is 35.7. The van der Waals surface area contributed by atoms with Crippen molar-refractivity contribution in [2.24, 2.45) is 0 Å². The van der Waals surface area contributed by atoms with Gasteiger partial charge in [-0.15, -0.1) is 0 Å². The summed E-state index contributed by atoms with van der Waals surface area (Å²) in [7, 11) is 0. The molecule has 1 amide bonds. The molecule has 0 spiro atoms. The third-order valence-electron chi connectivity index (χ3n) is 9.88. The number of alkyl carbamates (subject to hydrolysis) is 1. The van der Waals surface area contributed by atoms with Gasteiger partial charge in [-0.05, 0) is 18.4 Å². The van der Waals surface area contributed by atoms with Crippen molar-refractivity contribution in [3.05, 3.63) is 35.9 Å². The molecule has 1 fully saturated rings. The summed E-state index contributed by atoms with van der Waals surface area (Å²) in [5, 5.41) is 24.8. The van der Waals surface area contributed by atoms with Gasteiger partial charge in [0.2, 0.25) is 3.79 Å². The Morgan fingerprint density at radius 2 is 1.35 bits per heavy atom. The Balaban J connectivity index is 2.01. The molecule has 0 bridgehead atoms. The molecule has 1 saturated heterocycles. The summed E-state index contributed by atoms with van der Waals surface area (Å²) in [6, 6.07) is 8.05. The van der Waals surface area contributed by atoms with Crippen molar-refractivity contribution in [2.75, 3.05) is 19.8 Å². The van der Waals surface area contributed by atoms with Crippen LogP contribution in [0.4, 0.5) is 4.79 Å². The van der Waals surface area contributed by atoms with Crippen LogP contribution in [0.15, 0.2) is 30.3 Å². The number of hydrogen-bond acceptors (Lipinski definition) is 9. The Hall–Kier alpha value is -1.37. The summed E-state index contributed by atoms with van der Waals surface area (Å²) in [6.45, 7) is 4.55. The molecule has 1 aliphatic rings. The number of ether oxygens (including phenoxy) is 5. The molecule has 0 unspecified atom stereocenters. The highest BCUT2D eigenvalue weighted by Crippen LogP contribution is 2.27. The normalized spacial score (nSPS) is 20.6. The van der Waals surface area contributed by atoms with E-state index in [1.54, 1.807) is 0 Å². The molecule has 3 N–H and O–H groups in total. The maximum absolute atomic E-state index is 13.6. The number of aliphatic hydroxyl groups is 2. The molecule has 2 rings (SSSR count). The predicted molar refractivity (Wildman–Crippen MR) is 219 cm³/mol. The lowest BCUT2D eigenvalue weighted by Crippen LogP contribution is -2.65. The lowest BCUT2D eigenvalue weighted by Gasteiger charge is -2.42. The first kappa shape index (κ1) is 49.8. The number of halogens is 3. The van der Waals surface area contributed by atoms with Crippen LogP contribution >= 0.6 is 34.8 Å². The molecule has 10 nitrogen and oxygen atoms in total. The third kappa shape index (κ3) is 24.2. The van der Waals surface area contributed by atoms with Gasteiger partial charge in [-0.1, -0.05) is 195 Å². The molecule has 55 heavy (non-hydrogen) atoms. The van der Waals surface area contributed by atoms with Gasteiger partial charge in [0.1, 0.15) is 24.9 Å². The molecule has 1 aromatic rings. The van der Waals surface area contributed by atoms with Crippen LogP contribution in [0.1, 0.15) is 154 Å². The largest absolute Gasteiger partial charge is 0.457 e. The fourth-order valence-electron chi connectivity index (χ4n) is 6.71. The Bertz CT molecular complexity index is 1110. The molecule has 0 aliphatic carbocycles. The monoisotopic (exact) mass is 837 g/mol. The molecule has 1 heterocycles. The minimum absolute atomic E-state index is 0.0471. The van der Waals surface area contributed by atoms with E-state index >= 15 is 0 Å². The average molecular weight is 839 g/mol. The third-order valence-corrected chi connectivity index (χ3v) is 10.2. The smallest absolute Gasteiger partial charge is 0.407 e. The van der Waals surface area contributed by atoms with E-state index in [0.29, 0.717) is 13.0 Å². The van der Waals surface area contributed by atoms with Crippen LogP contribution in [-0.4, -0.2) is 82.6 Å². The van der Waals surface area contributed by atoms with Gasteiger partial charge in [-0.25, -0.2) is 4.79 Å². The van der Waals surface area contributed by atoms with E-state index in [4.69, 9.17) is 58.5 Å². The van der Waals surface area contributed by atoms with Crippen molar-refractivity contribution in [3.63, 3.8) is 0 Å². The number of carbonyl (C=O) groups is 2. The second-order valence-corrected chi connectivity index (χ2v) is 17.4. The average Bonchev–Trinajstić information content (AvgIpc) is 3.15. The van der Waals surface area contributed by atoms with Gasteiger partial charge in [0.05, 0.1) is 25.7 Å². The molecule has 0 saturated carbocycles. The number of unbranched alkanes of at least 4 members (excludes halogenated alkanes) is 17. The number of nitrogens with one attached hydrogen (secondary N) is 1. The fraction of sp³-hybridized carbons (Fsp3) is 0.810. The van der Waals surface area contributed by atoms with Gasteiger partial charge in [0.15, 0.2) is 12.4 Å². The zero-order valence-electron chi connectivity index (χ0n) is 33.4. The number of benzene rings is 1. The number of amides is 1. The summed E-state index contributed by atoms with van der Waals surface area (Å²) in [4.78, 5) is 26.2. The van der Waals surface area contributed by atoms with Gasteiger partial charge in [0.25, 0.3) is 0 Å². The minimum atomic E-state index is -1.87. The summed E-state index contributed by atoms with van der Waals surface area (Å²) < 4.78 is 26.6. The van der Waals surface area contributed by atoms with Gasteiger partial charge in [-0.3, -0.25) is 4.79 Å². The molecule has 1 aliphatic heterocycles. The topological polar surface area (TPSA) is 133 Å². The second kappa shape index (κ2) is 30.7. The summed E-state index contributed by atoms with van der Waals surface area (Å²) >= 11 is 17.2. The first-order valence-corrected chi connectivity index (χ1v) is 22.1. The first-order valence-electron chi connectivity index (χ1n) is 21.0. The predicted octanol–water partition coefficient (Wildman–Crippen LogP) is 10.3. The standard InChI is InChI=1S/C42H70Cl3NO9/c1-3-5-7-9-11-13-15-17-19-24-28-52-34(27-23-18-16-14-12-10-8-6-4-2)29-36(47)55-39-37(46-41(50)53-32-42(43,44)45)40(49)54-35(38(39)48)31-51-30-33-25-21-20-22-26-33/h20-22,25-26,34-35,37-40,48-49H,3-19,23-24,27-32H2,1-2H3,(H,46,50)/t34-,35-,37-,38-,39-,40+/m1/s1. The van der Waals surface area contributed by atoms with E-state index in [0.717, 1.165) is 37.7 Å². The summed E-state index contributed by atoms with van der Waals surface area (Å²) in [5.41, 5.74) is 0.906. The SMILES string of the molecule is CCCCCCCCCCCCO[C@H](CCCCCCCCCCC)CC(=O)O[C@H]1[C@H](O)[C@@H](COCc2ccccc2)O[C@H](O)[C@@H]1NC(=O)OCC(Cl)(Cl)Cl. The van der Waals surface area contributed by atoms with E-state index in [2.05, 4.69) is 19.2 Å². The van der Waals surface area contributed by atoms with Crippen molar-refractivity contribution in [2.45, 2.75) is 196 Å². The lowest BCUT2D eigenvalue weighted by molar-refractivity contribution is -0.261. The van der Waals surface area contributed by atoms with E-state index in [1.807, 2.05) is 30.3 Å². The maximum Gasteiger partial charge on any atom is 0.407 e. The van der Waals surface area contributed by atoms with Crippen LogP contribution in [0.3, 0.4) is 0 Å². The van der Waals surface area contributed by atoms with Gasteiger partial charge < -0.3 is 39.2 Å². The molecule has 0 aromatic heterocycles. The fourth-order valence-corrected chi connectivity index (χ4v) is 6.87. The highest BCUT2D eigenvalue weighted by Gasteiger charge is 2.48. The van der Waals surface area contributed by atoms with Crippen LogP contribution in [0, 0.1) is 0 Å². The molecule has 6 atom stereocenters. The van der Waals surface area contributed by atoms with Crippen LogP contribution in [0.2, 0.25) is 0 Å². The quantitative estimate of drug-likeness (QED) is 0.0380. The Morgan fingerprint density at radius 3 is 1.91 bits per heavy atom. The zero-order chi connectivity index (χ0) is 40.2. The maximum atomic E-state index is 13.6. The number of alkyl halides is 3. The van der Waals surface area contributed by atoms with Crippen molar-refractivity contribution in [1.29, 1.82) is 0 Å². The molecule has 0 radical (unpaired) electrons. The summed E-state index contributed by atoms with van der Waals surface area (Å²) in [5.74, 6) is -0.632. The van der Waals surface area contributed by atoms with E-state index < -0.39 is 53.1 Å². The molecular weight excluding hydrogens is 769 g/mol. The first-order chi connectivity index (χ1) is 26.5. The van der Waals surface area contributed by atoms with E-state index in [9.17, 15) is 19.8 Å². The summed E-state index contributed by atoms with van der Waals surface area (Å²) in [6.07, 6.45) is 16.4. The number of esters is 1. The van der Waals surface area contributed by atoms with E-state index in [-0.39, 0.29) is 25.7 Å². The van der Waals surface area contributed by atoms with Crippen molar-refractivity contribution in [1.82, 2.24) is 5.32 Å². The number of carbonyl (C=O) groups excluding carboxylic acids is 2. The second-order valence-electron chi connectivity index (χ2n) is 14.9. The van der Waals surface area contributed by atoms with Crippen LogP contribution in [0.5, 0.6) is 0 Å². The molecule has 13 heteroatoms. The highest BCUT2D eigenvalue weighted by molar-refractivity contribution is 6.67. The number of aliphatic hydroxyl groups excluding tert-OH is 2. The van der Waals surface area contributed by atoms with Crippen molar-refractivity contribution < 1.29 is 43.5 Å². The van der Waals surface area contributed by atoms with Crippen LogP contribution < -0.4 is 5.32 Å². The minimum Gasteiger partial charge on any atom is -0.457 e. The Morgan fingerprint density at radius 1 is 0.800 bits per heavy atom. The highest BCUT2D eigenvalue weighted by atomic mass is 35.6. The number of hydrogen-bond donors (Lipinski definition) is 3. The van der Waals surface area contributed by atoms with E-state index in [1.165, 1.54) is 89.9 Å². The van der Waals surface area contributed by atoms with Crippen LogP contribution in [0.25, 0.3) is 0 Å². The van der Waals surface area contributed by atoms with Gasteiger partial charge >= 0.3 is 12.1 Å². The Labute approximate surface area is 346 Å². The lowest BCUT2D eigenvalue weighted by atomic mass is 9.96. The van der Waals surface area contributed by atoms with Gasteiger partial charge in [-0.2, -0.15) is 0 Å². The molecule has 318 valence electrons. The van der Waals surface area contributed by atoms with Crippen molar-refractivity contribution >= 4 is 46.9 Å². The Kier molecular flexibility index (Phi) is 27.8. The molecule has 1 aromatic carbocycles. The molecular formula is C42H70Cl3NO9.